The SMILES string of the molecule is O=c1ncccn1[C@@H]1O[C@@H](CO)[C@@H](O)[C@H]1O. The monoisotopic (exact) mass is 228 g/mol. The minimum absolute atomic E-state index is 0.427. The molecule has 0 spiro atoms. The van der Waals surface area contributed by atoms with E-state index in [0.717, 1.165) is 4.57 Å². The first-order valence-electron chi connectivity index (χ1n) is 4.80. The van der Waals surface area contributed by atoms with E-state index in [0.29, 0.717) is 0 Å². The van der Waals surface area contributed by atoms with Crippen LogP contribution in [-0.4, -0.2) is 49.8 Å². The van der Waals surface area contributed by atoms with Crippen molar-refractivity contribution in [1.82, 2.24) is 9.55 Å². The smallest absolute Gasteiger partial charge is 0.349 e. The number of aliphatic hydroxyl groups is 3. The van der Waals surface area contributed by atoms with Gasteiger partial charge < -0.3 is 20.1 Å². The molecule has 1 aromatic heterocycles. The molecule has 3 N–H and O–H groups in total. The van der Waals surface area contributed by atoms with E-state index >= 15 is 0 Å². The van der Waals surface area contributed by atoms with Crippen LogP contribution in [0.5, 0.6) is 0 Å². The summed E-state index contributed by atoms with van der Waals surface area (Å²) in [5, 5.41) is 28.1. The summed E-state index contributed by atoms with van der Waals surface area (Å²) in [5.74, 6) is 0. The van der Waals surface area contributed by atoms with Gasteiger partial charge in [-0.15, -0.1) is 0 Å². The zero-order chi connectivity index (χ0) is 11.7. The maximum Gasteiger partial charge on any atom is 0.349 e. The molecule has 0 radical (unpaired) electrons. The summed E-state index contributed by atoms with van der Waals surface area (Å²) < 4.78 is 6.25. The molecule has 1 aliphatic rings. The van der Waals surface area contributed by atoms with Crippen LogP contribution < -0.4 is 5.69 Å². The first-order chi connectivity index (χ1) is 7.65. The highest BCUT2D eigenvalue weighted by Crippen LogP contribution is 2.27. The van der Waals surface area contributed by atoms with E-state index in [4.69, 9.17) is 9.84 Å². The Morgan fingerprint density at radius 2 is 2.19 bits per heavy atom. The van der Waals surface area contributed by atoms with Gasteiger partial charge in [0.1, 0.15) is 18.3 Å². The van der Waals surface area contributed by atoms with E-state index in [9.17, 15) is 15.0 Å². The molecule has 0 unspecified atom stereocenters. The van der Waals surface area contributed by atoms with Crippen molar-refractivity contribution in [2.24, 2.45) is 0 Å². The van der Waals surface area contributed by atoms with E-state index in [2.05, 4.69) is 4.98 Å². The lowest BCUT2D eigenvalue weighted by Gasteiger charge is -2.16. The lowest BCUT2D eigenvalue weighted by molar-refractivity contribution is -0.0549. The molecule has 0 aliphatic carbocycles. The van der Waals surface area contributed by atoms with Gasteiger partial charge in [-0.3, -0.25) is 4.57 Å². The molecule has 7 heteroatoms. The van der Waals surface area contributed by atoms with Gasteiger partial charge in [0.15, 0.2) is 6.23 Å². The molecule has 1 saturated heterocycles. The summed E-state index contributed by atoms with van der Waals surface area (Å²) in [6.07, 6.45) is -1.68. The molecule has 0 aromatic carbocycles. The van der Waals surface area contributed by atoms with Crippen LogP contribution in [0.1, 0.15) is 6.23 Å². The number of aliphatic hydroxyl groups excluding tert-OH is 3. The van der Waals surface area contributed by atoms with Crippen LogP contribution in [0.25, 0.3) is 0 Å². The fourth-order valence-electron chi connectivity index (χ4n) is 1.67. The van der Waals surface area contributed by atoms with E-state index in [1.807, 2.05) is 0 Å². The van der Waals surface area contributed by atoms with Crippen LogP contribution in [0.15, 0.2) is 23.3 Å². The Kier molecular flexibility index (Phi) is 3.01. The lowest BCUT2D eigenvalue weighted by atomic mass is 10.1. The quantitative estimate of drug-likeness (QED) is 0.533. The number of aromatic nitrogens is 2. The van der Waals surface area contributed by atoms with Gasteiger partial charge in [-0.25, -0.2) is 9.78 Å². The fourth-order valence-corrected chi connectivity index (χ4v) is 1.67. The minimum Gasteiger partial charge on any atom is -0.394 e. The Balaban J connectivity index is 2.30. The number of hydrogen-bond acceptors (Lipinski definition) is 6. The average molecular weight is 228 g/mol. The maximum absolute atomic E-state index is 11.4. The molecule has 88 valence electrons. The molecule has 1 aliphatic heterocycles. The highest BCUT2D eigenvalue weighted by molar-refractivity contribution is 4.92. The Morgan fingerprint density at radius 1 is 1.44 bits per heavy atom. The number of ether oxygens (including phenoxy) is 1. The second-order valence-corrected chi connectivity index (χ2v) is 3.54. The summed E-state index contributed by atoms with van der Waals surface area (Å²) in [6, 6.07) is 1.51. The Labute approximate surface area is 90.6 Å². The molecular weight excluding hydrogens is 216 g/mol. The molecule has 0 bridgehead atoms. The summed E-state index contributed by atoms with van der Waals surface area (Å²) in [4.78, 5) is 14.9. The topological polar surface area (TPSA) is 105 Å². The molecule has 1 aromatic rings. The molecule has 2 rings (SSSR count). The van der Waals surface area contributed by atoms with Gasteiger partial charge in [-0.2, -0.15) is 0 Å². The zero-order valence-electron chi connectivity index (χ0n) is 8.30. The number of nitrogens with zero attached hydrogens (tertiary/aromatic N) is 2. The van der Waals surface area contributed by atoms with Crippen molar-refractivity contribution in [3.05, 3.63) is 28.9 Å². The summed E-state index contributed by atoms with van der Waals surface area (Å²) >= 11 is 0. The largest absolute Gasteiger partial charge is 0.394 e. The third-order valence-corrected chi connectivity index (χ3v) is 2.53. The van der Waals surface area contributed by atoms with Crippen molar-refractivity contribution in [2.75, 3.05) is 6.61 Å². The third-order valence-electron chi connectivity index (χ3n) is 2.53. The highest BCUT2D eigenvalue weighted by Gasteiger charge is 2.43. The molecule has 0 amide bonds. The van der Waals surface area contributed by atoms with Gasteiger partial charge in [0.05, 0.1) is 6.61 Å². The van der Waals surface area contributed by atoms with Crippen molar-refractivity contribution in [2.45, 2.75) is 24.5 Å². The van der Waals surface area contributed by atoms with E-state index < -0.39 is 36.8 Å². The molecule has 0 saturated carbocycles. The van der Waals surface area contributed by atoms with Crippen LogP contribution in [0.4, 0.5) is 0 Å². The van der Waals surface area contributed by atoms with E-state index in [1.54, 1.807) is 0 Å². The van der Waals surface area contributed by atoms with Crippen molar-refractivity contribution in [3.8, 4) is 0 Å². The molecule has 16 heavy (non-hydrogen) atoms. The summed E-state index contributed by atoms with van der Waals surface area (Å²) in [7, 11) is 0. The van der Waals surface area contributed by atoms with Gasteiger partial charge in [0, 0.05) is 12.4 Å². The second-order valence-electron chi connectivity index (χ2n) is 3.54. The second kappa shape index (κ2) is 4.30. The van der Waals surface area contributed by atoms with E-state index in [1.165, 1.54) is 18.5 Å². The molecular formula is C9H12N2O5. The molecule has 2 heterocycles. The van der Waals surface area contributed by atoms with E-state index in [-0.39, 0.29) is 0 Å². The van der Waals surface area contributed by atoms with Crippen LogP contribution >= 0.6 is 0 Å². The minimum atomic E-state index is -1.26. The zero-order valence-corrected chi connectivity index (χ0v) is 8.30. The van der Waals surface area contributed by atoms with Crippen molar-refractivity contribution in [3.63, 3.8) is 0 Å². The molecule has 4 atom stereocenters. The van der Waals surface area contributed by atoms with Gasteiger partial charge in [0.2, 0.25) is 0 Å². The Bertz CT molecular complexity index is 420. The van der Waals surface area contributed by atoms with Gasteiger partial charge in [-0.05, 0) is 6.07 Å². The Hall–Kier alpha value is -1.28. The first kappa shape index (κ1) is 11.2. The van der Waals surface area contributed by atoms with Crippen LogP contribution in [0.3, 0.4) is 0 Å². The molecule has 7 nitrogen and oxygen atoms in total. The highest BCUT2D eigenvalue weighted by atomic mass is 16.6. The van der Waals surface area contributed by atoms with Crippen LogP contribution in [-0.2, 0) is 4.74 Å². The van der Waals surface area contributed by atoms with Crippen molar-refractivity contribution < 1.29 is 20.1 Å². The standard InChI is InChI=1S/C9H12N2O5/c12-4-5-6(13)7(14)8(16-5)11-3-1-2-10-9(11)15/h1-3,5-8,12-14H,4H2/t5-,6+,7+,8+/m0/s1. The summed E-state index contributed by atoms with van der Waals surface area (Å²) in [6.45, 7) is -0.427. The van der Waals surface area contributed by atoms with Gasteiger partial charge in [-0.1, -0.05) is 0 Å². The van der Waals surface area contributed by atoms with Crippen molar-refractivity contribution >= 4 is 0 Å². The van der Waals surface area contributed by atoms with Crippen LogP contribution in [0.2, 0.25) is 0 Å². The fraction of sp³-hybridized carbons (Fsp3) is 0.556. The van der Waals surface area contributed by atoms with Crippen molar-refractivity contribution in [1.29, 1.82) is 0 Å². The molecule has 1 fully saturated rings. The predicted molar refractivity (Wildman–Crippen MR) is 51.5 cm³/mol. The van der Waals surface area contributed by atoms with Gasteiger partial charge in [0.25, 0.3) is 0 Å². The third kappa shape index (κ3) is 1.74. The number of hydrogen-bond donors (Lipinski definition) is 3. The number of rotatable bonds is 2. The average Bonchev–Trinajstić information content (AvgIpc) is 2.57. The lowest BCUT2D eigenvalue weighted by Crippen LogP contribution is -2.35. The normalized spacial score (nSPS) is 34.2. The summed E-state index contributed by atoms with van der Waals surface area (Å²) in [5.41, 5.74) is -0.586. The van der Waals surface area contributed by atoms with Crippen LogP contribution in [0, 0.1) is 0 Å². The maximum atomic E-state index is 11.4. The van der Waals surface area contributed by atoms with Gasteiger partial charge >= 0.3 is 5.69 Å². The Morgan fingerprint density at radius 3 is 2.75 bits per heavy atom. The first-order valence-corrected chi connectivity index (χ1v) is 4.80. The predicted octanol–water partition coefficient (Wildman–Crippen LogP) is -2.15.